The molecule has 32 heavy (non-hydrogen) atoms. The molecule has 162 valence electrons. The fourth-order valence-corrected chi connectivity index (χ4v) is 3.14. The first-order valence-electron chi connectivity index (χ1n) is 9.76. The number of pyridine rings is 1. The van der Waals surface area contributed by atoms with E-state index in [4.69, 9.17) is 20.9 Å². The van der Waals surface area contributed by atoms with Gasteiger partial charge in [-0.3, -0.25) is 9.78 Å². The van der Waals surface area contributed by atoms with Crippen LogP contribution in [0.15, 0.2) is 71.5 Å². The third kappa shape index (κ3) is 5.67. The van der Waals surface area contributed by atoms with Crippen molar-refractivity contribution in [2.45, 2.75) is 19.4 Å². The predicted octanol–water partition coefficient (Wildman–Crippen LogP) is 5.07. The van der Waals surface area contributed by atoms with E-state index >= 15 is 0 Å². The molecule has 0 aliphatic heterocycles. The average Bonchev–Trinajstić information content (AvgIpc) is 3.27. The van der Waals surface area contributed by atoms with Crippen molar-refractivity contribution in [2.75, 3.05) is 5.32 Å². The van der Waals surface area contributed by atoms with Gasteiger partial charge in [-0.25, -0.2) is 4.39 Å². The molecular formula is C23H18ClFN4O3. The third-order valence-corrected chi connectivity index (χ3v) is 4.77. The molecule has 4 rings (SSSR count). The summed E-state index contributed by atoms with van der Waals surface area (Å²) >= 11 is 6.26. The van der Waals surface area contributed by atoms with E-state index in [-0.39, 0.29) is 24.8 Å². The molecule has 0 saturated heterocycles. The Morgan fingerprint density at radius 3 is 2.75 bits per heavy atom. The Morgan fingerprint density at radius 2 is 1.97 bits per heavy atom. The van der Waals surface area contributed by atoms with E-state index < -0.39 is 0 Å². The van der Waals surface area contributed by atoms with Gasteiger partial charge in [-0.2, -0.15) is 4.98 Å². The minimum atomic E-state index is -0.329. The molecule has 0 atom stereocenters. The second kappa shape index (κ2) is 10.0. The van der Waals surface area contributed by atoms with Crippen LogP contribution in [-0.4, -0.2) is 21.0 Å². The molecule has 0 aliphatic carbocycles. The number of hydrogen-bond acceptors (Lipinski definition) is 6. The quantitative estimate of drug-likeness (QED) is 0.401. The molecule has 9 heteroatoms. The lowest BCUT2D eigenvalue weighted by molar-refractivity contribution is -0.116. The number of carbonyl (C=O) groups is 1. The highest BCUT2D eigenvalue weighted by atomic mass is 35.5. The summed E-state index contributed by atoms with van der Waals surface area (Å²) in [5.74, 6) is 0.695. The van der Waals surface area contributed by atoms with E-state index in [9.17, 15) is 9.18 Å². The Labute approximate surface area is 188 Å². The number of amides is 1. The summed E-state index contributed by atoms with van der Waals surface area (Å²) in [6, 6.07) is 14.6. The van der Waals surface area contributed by atoms with Crippen LogP contribution in [0.3, 0.4) is 0 Å². The van der Waals surface area contributed by atoms with Gasteiger partial charge in [-0.05, 0) is 48.0 Å². The van der Waals surface area contributed by atoms with Crippen LogP contribution in [0.5, 0.6) is 5.75 Å². The van der Waals surface area contributed by atoms with Crippen LogP contribution in [0.25, 0.3) is 11.4 Å². The van der Waals surface area contributed by atoms with E-state index in [2.05, 4.69) is 20.4 Å². The number of nitrogens with one attached hydrogen (secondary N) is 1. The van der Waals surface area contributed by atoms with Crippen LogP contribution in [0.4, 0.5) is 10.1 Å². The van der Waals surface area contributed by atoms with Gasteiger partial charge >= 0.3 is 0 Å². The highest BCUT2D eigenvalue weighted by Gasteiger charge is 2.12. The van der Waals surface area contributed by atoms with Gasteiger partial charge in [0, 0.05) is 36.5 Å². The van der Waals surface area contributed by atoms with E-state index in [1.807, 2.05) is 0 Å². The van der Waals surface area contributed by atoms with Gasteiger partial charge in [0.15, 0.2) is 0 Å². The van der Waals surface area contributed by atoms with Crippen molar-refractivity contribution in [1.29, 1.82) is 0 Å². The highest BCUT2D eigenvalue weighted by molar-refractivity contribution is 6.32. The van der Waals surface area contributed by atoms with Gasteiger partial charge in [0.2, 0.25) is 17.6 Å². The second-order valence-corrected chi connectivity index (χ2v) is 7.27. The molecule has 7 nitrogen and oxygen atoms in total. The summed E-state index contributed by atoms with van der Waals surface area (Å²) < 4.78 is 24.1. The molecule has 2 aromatic heterocycles. The average molecular weight is 453 g/mol. The zero-order valence-electron chi connectivity index (χ0n) is 16.8. The summed E-state index contributed by atoms with van der Waals surface area (Å²) in [5.41, 5.74) is 2.00. The third-order valence-electron chi connectivity index (χ3n) is 4.47. The molecule has 0 saturated carbocycles. The van der Waals surface area contributed by atoms with Crippen molar-refractivity contribution in [3.05, 3.63) is 89.3 Å². The van der Waals surface area contributed by atoms with Crippen LogP contribution < -0.4 is 10.1 Å². The minimum Gasteiger partial charge on any atom is -0.487 e. The van der Waals surface area contributed by atoms with Gasteiger partial charge < -0.3 is 14.6 Å². The number of halogens is 2. The molecular weight excluding hydrogens is 435 g/mol. The van der Waals surface area contributed by atoms with Crippen molar-refractivity contribution in [1.82, 2.24) is 15.1 Å². The molecule has 2 aromatic carbocycles. The molecule has 0 aliphatic rings. The Balaban J connectivity index is 1.29. The van der Waals surface area contributed by atoms with Crippen molar-refractivity contribution in [3.8, 4) is 17.1 Å². The maximum Gasteiger partial charge on any atom is 0.227 e. The zero-order chi connectivity index (χ0) is 22.3. The summed E-state index contributed by atoms with van der Waals surface area (Å²) in [4.78, 5) is 20.5. The number of nitrogens with zero attached hydrogens (tertiary/aromatic N) is 3. The molecule has 1 amide bonds. The molecule has 0 spiro atoms. The Hall–Kier alpha value is -3.78. The number of hydrogen-bond donors (Lipinski definition) is 1. The standard InChI is InChI=1S/C23H18ClFN4O3/c24-19-13-18(4-5-20(19)31-14-15-2-1-3-17(25)12-15)27-21(30)6-7-22-28-23(29-32-22)16-8-10-26-11-9-16/h1-5,8-13H,6-7,14H2,(H,27,30). The van der Waals surface area contributed by atoms with E-state index in [0.717, 1.165) is 5.56 Å². The lowest BCUT2D eigenvalue weighted by atomic mass is 10.2. The largest absolute Gasteiger partial charge is 0.487 e. The fraction of sp³-hybridized carbons (Fsp3) is 0.130. The van der Waals surface area contributed by atoms with Gasteiger partial charge in [-0.1, -0.05) is 28.9 Å². The molecule has 1 N–H and O–H groups in total. The molecule has 4 aromatic rings. The number of benzene rings is 2. The van der Waals surface area contributed by atoms with Crippen LogP contribution in [0.1, 0.15) is 17.9 Å². The number of rotatable bonds is 8. The summed E-state index contributed by atoms with van der Waals surface area (Å²) in [7, 11) is 0. The highest BCUT2D eigenvalue weighted by Crippen LogP contribution is 2.28. The lowest BCUT2D eigenvalue weighted by Crippen LogP contribution is -2.12. The Kier molecular flexibility index (Phi) is 6.72. The number of carbonyl (C=O) groups excluding carboxylic acids is 1. The molecule has 0 radical (unpaired) electrons. The van der Waals surface area contributed by atoms with Gasteiger partial charge in [-0.15, -0.1) is 0 Å². The Bertz CT molecular complexity index is 1220. The van der Waals surface area contributed by atoms with Crippen molar-refractivity contribution < 1.29 is 18.4 Å². The van der Waals surface area contributed by atoms with Crippen LogP contribution in [0.2, 0.25) is 5.02 Å². The first-order valence-corrected chi connectivity index (χ1v) is 10.1. The number of ether oxygens (including phenoxy) is 1. The monoisotopic (exact) mass is 452 g/mol. The van der Waals surface area contributed by atoms with Gasteiger partial charge in [0.05, 0.1) is 5.02 Å². The maximum absolute atomic E-state index is 13.3. The number of aryl methyl sites for hydroxylation is 1. The summed E-state index contributed by atoms with van der Waals surface area (Å²) in [6.07, 6.45) is 3.74. The fourth-order valence-electron chi connectivity index (χ4n) is 2.90. The molecule has 2 heterocycles. The molecule has 0 fully saturated rings. The zero-order valence-corrected chi connectivity index (χ0v) is 17.6. The van der Waals surface area contributed by atoms with E-state index in [0.29, 0.717) is 40.2 Å². The normalized spacial score (nSPS) is 10.7. The predicted molar refractivity (Wildman–Crippen MR) is 117 cm³/mol. The SMILES string of the molecule is O=C(CCc1nc(-c2ccncc2)no1)Nc1ccc(OCc2cccc(F)c2)c(Cl)c1. The first-order chi connectivity index (χ1) is 15.6. The van der Waals surface area contributed by atoms with Crippen molar-refractivity contribution in [2.24, 2.45) is 0 Å². The second-order valence-electron chi connectivity index (χ2n) is 6.86. The Morgan fingerprint density at radius 1 is 1.12 bits per heavy atom. The van der Waals surface area contributed by atoms with Crippen LogP contribution in [-0.2, 0) is 17.8 Å². The minimum absolute atomic E-state index is 0.160. The van der Waals surface area contributed by atoms with Crippen molar-refractivity contribution >= 4 is 23.2 Å². The first kappa shape index (κ1) is 21.5. The number of anilines is 1. The van der Waals surface area contributed by atoms with E-state index in [1.165, 1.54) is 12.1 Å². The van der Waals surface area contributed by atoms with Gasteiger partial charge in [0.25, 0.3) is 0 Å². The summed E-state index contributed by atoms with van der Waals surface area (Å²) in [6.45, 7) is 0.175. The van der Waals surface area contributed by atoms with Gasteiger partial charge in [0.1, 0.15) is 18.2 Å². The smallest absolute Gasteiger partial charge is 0.227 e. The number of aromatic nitrogens is 3. The van der Waals surface area contributed by atoms with E-state index in [1.54, 1.807) is 54.9 Å². The molecule has 0 bridgehead atoms. The van der Waals surface area contributed by atoms with Crippen molar-refractivity contribution in [3.63, 3.8) is 0 Å². The lowest BCUT2D eigenvalue weighted by Gasteiger charge is -2.10. The topological polar surface area (TPSA) is 90.1 Å². The summed E-state index contributed by atoms with van der Waals surface area (Å²) in [5, 5.41) is 7.02. The van der Waals surface area contributed by atoms with Crippen LogP contribution >= 0.6 is 11.6 Å². The van der Waals surface area contributed by atoms with Crippen LogP contribution in [0, 0.1) is 5.82 Å². The molecule has 0 unspecified atom stereocenters. The maximum atomic E-state index is 13.3.